The maximum Gasteiger partial charge on any atom is 0.0534 e. The van der Waals surface area contributed by atoms with E-state index in [4.69, 9.17) is 0 Å². The highest BCUT2D eigenvalue weighted by Gasteiger charge is 2.46. The molecule has 5 aliphatic rings. The first-order valence-corrected chi connectivity index (χ1v) is 22.7. The normalized spacial score (nSPS) is 19.8. The molecule has 0 radical (unpaired) electrons. The Hall–Kier alpha value is -6.90. The van der Waals surface area contributed by atoms with E-state index in [2.05, 4.69) is 246 Å². The molecular weight excluding hydrogens is 761 g/mol. The van der Waals surface area contributed by atoms with Crippen molar-refractivity contribution >= 4 is 52.7 Å². The summed E-state index contributed by atoms with van der Waals surface area (Å²) in [6.07, 6.45) is 16.5. The Morgan fingerprint density at radius 3 is 1.59 bits per heavy atom. The highest BCUT2D eigenvalue weighted by atomic mass is 15.2. The molecule has 0 aromatic heterocycles. The Morgan fingerprint density at radius 1 is 0.444 bits per heavy atom. The number of rotatable bonds is 4. The molecule has 7 aromatic carbocycles. The SMILES string of the molecule is CC1(C)c2cc(/C=C/c3ccc4c(c3)C(C)(C)C3C=C(N5c6ccccc6C=Cc6ccccc65)C=CC43)ccc2-c2ccc(N3c4ccccc4C(C)(C)c4ccccc43)cc21. The third-order valence-corrected chi connectivity index (χ3v) is 15.3. The third kappa shape index (κ3) is 5.56. The minimum absolute atomic E-state index is 0.0419. The highest BCUT2D eigenvalue weighted by molar-refractivity contribution is 5.92. The summed E-state index contributed by atoms with van der Waals surface area (Å²) in [4.78, 5) is 4.95. The van der Waals surface area contributed by atoms with Crippen molar-refractivity contribution in [3.63, 3.8) is 0 Å². The van der Waals surface area contributed by atoms with Crippen molar-refractivity contribution in [1.29, 1.82) is 0 Å². The van der Waals surface area contributed by atoms with Gasteiger partial charge >= 0.3 is 0 Å². The minimum atomic E-state index is -0.152. The standard InChI is InChI=1S/C61H52N2/c1-59(2)49-17-9-13-21-57(49)63(58-22-14-10-18-50(58)59)44-30-34-48-46-32-26-40(36-52(46)61(5,6)54(48)38-44)24-23-39-25-31-45-47-33-29-43(37-53(47)60(3,4)51(45)35-39)62-55-19-11-7-15-41(55)27-28-42-16-8-12-20-56(42)62/h7-38,47,53H,1-6H3/b24-23+. The van der Waals surface area contributed by atoms with Crippen molar-refractivity contribution in [2.45, 2.75) is 63.7 Å². The second-order valence-electron chi connectivity index (χ2n) is 19.8. The van der Waals surface area contributed by atoms with Gasteiger partial charge < -0.3 is 9.80 Å². The van der Waals surface area contributed by atoms with Gasteiger partial charge in [-0.3, -0.25) is 0 Å². The quantitative estimate of drug-likeness (QED) is 0.163. The lowest BCUT2D eigenvalue weighted by atomic mass is 9.73. The van der Waals surface area contributed by atoms with Gasteiger partial charge in [0.25, 0.3) is 0 Å². The van der Waals surface area contributed by atoms with E-state index in [1.54, 1.807) is 0 Å². The summed E-state index contributed by atoms with van der Waals surface area (Å²) in [6.45, 7) is 14.4. The third-order valence-electron chi connectivity index (χ3n) is 15.3. The second-order valence-corrected chi connectivity index (χ2v) is 19.8. The minimum Gasteiger partial charge on any atom is -0.310 e. The van der Waals surface area contributed by atoms with Crippen LogP contribution in [0.5, 0.6) is 0 Å². The summed E-state index contributed by atoms with van der Waals surface area (Å²) >= 11 is 0. The molecule has 2 atom stereocenters. The van der Waals surface area contributed by atoms with Crippen LogP contribution in [0.25, 0.3) is 35.4 Å². The first-order chi connectivity index (χ1) is 30.5. The predicted octanol–water partition coefficient (Wildman–Crippen LogP) is 16.0. The van der Waals surface area contributed by atoms with Gasteiger partial charge in [-0.15, -0.1) is 0 Å². The number of anilines is 5. The van der Waals surface area contributed by atoms with Crippen molar-refractivity contribution in [2.24, 2.45) is 5.92 Å². The molecule has 3 aliphatic carbocycles. The zero-order valence-corrected chi connectivity index (χ0v) is 37.0. The molecule has 0 amide bonds. The summed E-state index contributed by atoms with van der Waals surface area (Å²) in [5.41, 5.74) is 23.1. The van der Waals surface area contributed by atoms with Gasteiger partial charge in [-0.2, -0.15) is 0 Å². The van der Waals surface area contributed by atoms with E-state index in [1.807, 2.05) is 0 Å². The van der Waals surface area contributed by atoms with Crippen LogP contribution in [0.15, 0.2) is 176 Å². The van der Waals surface area contributed by atoms with Crippen molar-refractivity contribution < 1.29 is 0 Å². The molecule has 2 heteroatoms. The molecule has 0 bridgehead atoms. The molecule has 2 unspecified atom stereocenters. The van der Waals surface area contributed by atoms with Gasteiger partial charge in [0.1, 0.15) is 0 Å². The van der Waals surface area contributed by atoms with Gasteiger partial charge in [-0.25, -0.2) is 0 Å². The van der Waals surface area contributed by atoms with Crippen LogP contribution in [0.4, 0.5) is 28.4 Å². The van der Waals surface area contributed by atoms with Crippen LogP contribution < -0.4 is 9.80 Å². The fourth-order valence-electron chi connectivity index (χ4n) is 11.9. The molecule has 7 aromatic rings. The van der Waals surface area contributed by atoms with Gasteiger partial charge in [0, 0.05) is 28.1 Å². The fraction of sp³-hybridized carbons (Fsp3) is 0.180. The molecule has 0 spiro atoms. The van der Waals surface area contributed by atoms with Gasteiger partial charge in [-0.1, -0.05) is 193 Å². The van der Waals surface area contributed by atoms with Crippen LogP contribution in [0.2, 0.25) is 0 Å². The molecule has 2 aliphatic heterocycles. The molecule has 0 saturated carbocycles. The average molecular weight is 813 g/mol. The number of allylic oxidation sites excluding steroid dienone is 3. The maximum absolute atomic E-state index is 2.55. The van der Waals surface area contributed by atoms with Gasteiger partial charge in [0.2, 0.25) is 0 Å². The van der Waals surface area contributed by atoms with Crippen molar-refractivity contribution in [3.05, 3.63) is 231 Å². The smallest absolute Gasteiger partial charge is 0.0534 e. The van der Waals surface area contributed by atoms with Crippen LogP contribution in [0.3, 0.4) is 0 Å². The number of nitrogens with zero attached hydrogens (tertiary/aromatic N) is 2. The Morgan fingerprint density at radius 2 is 0.952 bits per heavy atom. The lowest BCUT2D eigenvalue weighted by Crippen LogP contribution is -2.30. The Bertz CT molecular complexity index is 3080. The molecule has 63 heavy (non-hydrogen) atoms. The summed E-state index contributed by atoms with van der Waals surface area (Å²) in [6, 6.07) is 56.8. The molecular formula is C61H52N2. The van der Waals surface area contributed by atoms with E-state index in [9.17, 15) is 0 Å². The molecule has 0 N–H and O–H groups in total. The van der Waals surface area contributed by atoms with Crippen molar-refractivity contribution in [1.82, 2.24) is 0 Å². The Labute approximate surface area is 372 Å². The van der Waals surface area contributed by atoms with Crippen molar-refractivity contribution in [2.75, 3.05) is 9.80 Å². The van der Waals surface area contributed by atoms with E-state index < -0.39 is 0 Å². The topological polar surface area (TPSA) is 6.48 Å². The van der Waals surface area contributed by atoms with E-state index in [-0.39, 0.29) is 16.2 Å². The zero-order valence-electron chi connectivity index (χ0n) is 37.0. The fourth-order valence-corrected chi connectivity index (χ4v) is 11.9. The molecule has 2 nitrogen and oxygen atoms in total. The molecule has 12 rings (SSSR count). The number of para-hydroxylation sites is 4. The van der Waals surface area contributed by atoms with Crippen LogP contribution in [-0.2, 0) is 16.2 Å². The Balaban J connectivity index is 0.840. The highest BCUT2D eigenvalue weighted by Crippen LogP contribution is 2.57. The summed E-state index contributed by atoms with van der Waals surface area (Å²) in [5, 5.41) is 0. The zero-order chi connectivity index (χ0) is 42.8. The number of benzene rings is 7. The van der Waals surface area contributed by atoms with E-state index in [1.165, 1.54) is 101 Å². The molecule has 0 saturated heterocycles. The second kappa shape index (κ2) is 13.5. The van der Waals surface area contributed by atoms with Crippen LogP contribution in [-0.4, -0.2) is 0 Å². The van der Waals surface area contributed by atoms with E-state index >= 15 is 0 Å². The van der Waals surface area contributed by atoms with Crippen LogP contribution >= 0.6 is 0 Å². The number of fused-ring (bicyclic) bond motifs is 10. The van der Waals surface area contributed by atoms with E-state index in [0.29, 0.717) is 11.8 Å². The lowest BCUT2D eigenvalue weighted by Gasteiger charge is -2.42. The number of hydrogen-bond donors (Lipinski definition) is 0. The van der Waals surface area contributed by atoms with Crippen LogP contribution in [0, 0.1) is 5.92 Å². The summed E-state index contributed by atoms with van der Waals surface area (Å²) < 4.78 is 0. The molecule has 306 valence electrons. The Kier molecular flexibility index (Phi) is 8.14. The van der Waals surface area contributed by atoms with Crippen molar-refractivity contribution in [3.8, 4) is 11.1 Å². The monoisotopic (exact) mass is 812 g/mol. The van der Waals surface area contributed by atoms with E-state index in [0.717, 1.165) is 0 Å². The number of hydrogen-bond acceptors (Lipinski definition) is 2. The summed E-state index contributed by atoms with van der Waals surface area (Å²) in [7, 11) is 0. The lowest BCUT2D eigenvalue weighted by molar-refractivity contribution is 0.392. The molecule has 2 heterocycles. The maximum atomic E-state index is 2.55. The first kappa shape index (κ1) is 37.8. The largest absolute Gasteiger partial charge is 0.310 e. The van der Waals surface area contributed by atoms with Gasteiger partial charge in [0.15, 0.2) is 0 Å². The molecule has 0 fully saturated rings. The predicted molar refractivity (Wildman–Crippen MR) is 267 cm³/mol. The van der Waals surface area contributed by atoms with Gasteiger partial charge in [-0.05, 0) is 121 Å². The van der Waals surface area contributed by atoms with Gasteiger partial charge in [0.05, 0.1) is 22.7 Å². The summed E-state index contributed by atoms with van der Waals surface area (Å²) in [5.74, 6) is 0.689. The van der Waals surface area contributed by atoms with Crippen LogP contribution in [0.1, 0.15) is 103 Å². The average Bonchev–Trinajstić information content (AvgIpc) is 3.56. The first-order valence-electron chi connectivity index (χ1n) is 22.7.